The predicted octanol–water partition coefficient (Wildman–Crippen LogP) is 4.55. The third kappa shape index (κ3) is 4.33. The summed E-state index contributed by atoms with van der Waals surface area (Å²) in [5, 5.41) is 3.30. The Labute approximate surface area is 152 Å². The van der Waals surface area contributed by atoms with Crippen LogP contribution < -0.4 is 0 Å². The van der Waals surface area contributed by atoms with Crippen LogP contribution in [-0.4, -0.2) is 20.6 Å². The van der Waals surface area contributed by atoms with E-state index in [4.69, 9.17) is 0 Å². The number of aromatic nitrogens is 2. The Morgan fingerprint density at radius 3 is 2.37 bits per heavy atom. The number of alkyl halides is 3. The van der Waals surface area contributed by atoms with E-state index >= 15 is 0 Å². The molecule has 0 N–H and O–H groups in total. The molecular weight excluding hydrogens is 386 g/mol. The van der Waals surface area contributed by atoms with Gasteiger partial charge in [-0.2, -0.15) is 18.2 Å². The van der Waals surface area contributed by atoms with E-state index in [-0.39, 0.29) is 17.3 Å². The minimum atomic E-state index is -4.71. The summed E-state index contributed by atoms with van der Waals surface area (Å²) < 4.78 is 72.2. The summed E-state index contributed by atoms with van der Waals surface area (Å²) in [6.07, 6.45) is -3.37. The van der Waals surface area contributed by atoms with Gasteiger partial charge >= 0.3 is 12.1 Å². The molecule has 2 aromatic carbocycles. The van der Waals surface area contributed by atoms with Crippen molar-refractivity contribution in [3.63, 3.8) is 0 Å². The van der Waals surface area contributed by atoms with Crippen LogP contribution in [0.25, 0.3) is 11.4 Å². The molecule has 0 saturated heterocycles. The standard InChI is InChI=1S/C17H13F4N3O2S/c1-27(25,14-5-3-2-4-13(14)18)22-10-11-6-8-12(9-7-11)15-23-16(26-24-15)17(19,20)21/h2-9H,10H2,1H3. The average molecular weight is 399 g/mol. The fraction of sp³-hybridized carbons (Fsp3) is 0.176. The summed E-state index contributed by atoms with van der Waals surface area (Å²) in [6, 6.07) is 11.9. The molecule has 1 heterocycles. The maximum atomic E-state index is 13.8. The lowest BCUT2D eigenvalue weighted by Gasteiger charge is -2.06. The molecule has 3 aromatic rings. The van der Waals surface area contributed by atoms with Crippen LogP contribution in [0.2, 0.25) is 0 Å². The van der Waals surface area contributed by atoms with Crippen molar-refractivity contribution in [3.05, 3.63) is 65.8 Å². The molecule has 0 amide bonds. The van der Waals surface area contributed by atoms with Gasteiger partial charge in [0.15, 0.2) is 0 Å². The Hall–Kier alpha value is -2.75. The van der Waals surface area contributed by atoms with Gasteiger partial charge in [-0.05, 0) is 17.7 Å². The molecule has 0 bridgehead atoms. The molecule has 27 heavy (non-hydrogen) atoms. The number of hydrogen-bond acceptors (Lipinski definition) is 5. The molecule has 3 rings (SSSR count). The molecule has 1 atom stereocenters. The van der Waals surface area contributed by atoms with E-state index < -0.39 is 27.6 Å². The Bertz CT molecular complexity index is 1070. The SMILES string of the molecule is CS(=O)(=NCc1ccc(-c2noc(C(F)(F)F)n2)cc1)c1ccccc1F. The molecular formula is C17H13F4N3O2S. The van der Waals surface area contributed by atoms with Gasteiger partial charge in [0.05, 0.1) is 21.2 Å². The highest BCUT2D eigenvalue weighted by Crippen LogP contribution is 2.29. The molecule has 142 valence electrons. The summed E-state index contributed by atoms with van der Waals surface area (Å²) in [7, 11) is -2.93. The zero-order chi connectivity index (χ0) is 19.7. The topological polar surface area (TPSA) is 68.3 Å². The molecule has 10 heteroatoms. The van der Waals surface area contributed by atoms with Crippen molar-refractivity contribution in [2.24, 2.45) is 4.36 Å². The number of nitrogens with zero attached hydrogens (tertiary/aromatic N) is 3. The molecule has 0 aliphatic carbocycles. The van der Waals surface area contributed by atoms with Crippen molar-refractivity contribution < 1.29 is 26.3 Å². The molecule has 0 fully saturated rings. The van der Waals surface area contributed by atoms with Crippen LogP contribution in [0.1, 0.15) is 11.5 Å². The van der Waals surface area contributed by atoms with Gasteiger partial charge in [0.1, 0.15) is 5.82 Å². The first-order chi connectivity index (χ1) is 12.7. The summed E-state index contributed by atoms with van der Waals surface area (Å²) in [6.45, 7) is 0.0456. The van der Waals surface area contributed by atoms with E-state index in [1.165, 1.54) is 36.6 Å². The lowest BCUT2D eigenvalue weighted by Crippen LogP contribution is -2.04. The highest BCUT2D eigenvalue weighted by atomic mass is 32.2. The Kier molecular flexibility index (Phi) is 5.01. The molecule has 1 unspecified atom stereocenters. The van der Waals surface area contributed by atoms with Crippen molar-refractivity contribution in [3.8, 4) is 11.4 Å². The van der Waals surface area contributed by atoms with Crippen LogP contribution in [0.3, 0.4) is 0 Å². The molecule has 0 radical (unpaired) electrons. The first kappa shape index (κ1) is 19.0. The van der Waals surface area contributed by atoms with Crippen LogP contribution in [0.4, 0.5) is 17.6 Å². The summed E-state index contributed by atoms with van der Waals surface area (Å²) in [5.41, 5.74) is 0.966. The van der Waals surface area contributed by atoms with Crippen LogP contribution in [0.15, 0.2) is 62.3 Å². The number of rotatable bonds is 4. The van der Waals surface area contributed by atoms with E-state index in [0.717, 1.165) is 0 Å². The van der Waals surface area contributed by atoms with Crippen molar-refractivity contribution in [2.75, 3.05) is 6.26 Å². The maximum absolute atomic E-state index is 13.8. The van der Waals surface area contributed by atoms with Gasteiger partial charge in [0, 0.05) is 11.8 Å². The van der Waals surface area contributed by atoms with Gasteiger partial charge in [0.2, 0.25) is 5.82 Å². The fourth-order valence-corrected chi connectivity index (χ4v) is 3.53. The van der Waals surface area contributed by atoms with Gasteiger partial charge in [-0.15, -0.1) is 0 Å². The zero-order valence-electron chi connectivity index (χ0n) is 13.9. The van der Waals surface area contributed by atoms with Crippen molar-refractivity contribution in [2.45, 2.75) is 17.6 Å². The minimum absolute atomic E-state index is 0.0214. The molecule has 0 aliphatic heterocycles. The van der Waals surface area contributed by atoms with Gasteiger partial charge in [-0.25, -0.2) is 13.0 Å². The van der Waals surface area contributed by atoms with Crippen LogP contribution in [0.5, 0.6) is 0 Å². The third-order valence-corrected chi connectivity index (χ3v) is 5.39. The summed E-state index contributed by atoms with van der Waals surface area (Å²) in [4.78, 5) is 3.32. The molecule has 5 nitrogen and oxygen atoms in total. The van der Waals surface area contributed by atoms with Crippen molar-refractivity contribution in [1.82, 2.24) is 10.1 Å². The highest BCUT2D eigenvalue weighted by Gasteiger charge is 2.38. The maximum Gasteiger partial charge on any atom is 0.471 e. The monoisotopic (exact) mass is 399 g/mol. The van der Waals surface area contributed by atoms with E-state index in [1.54, 1.807) is 18.2 Å². The van der Waals surface area contributed by atoms with E-state index in [9.17, 15) is 21.8 Å². The third-order valence-electron chi connectivity index (χ3n) is 3.62. The zero-order valence-corrected chi connectivity index (χ0v) is 14.7. The minimum Gasteiger partial charge on any atom is -0.329 e. The van der Waals surface area contributed by atoms with Gasteiger partial charge in [0.25, 0.3) is 0 Å². The smallest absolute Gasteiger partial charge is 0.329 e. The largest absolute Gasteiger partial charge is 0.471 e. The molecule has 0 spiro atoms. The Morgan fingerprint density at radius 2 is 1.78 bits per heavy atom. The van der Waals surface area contributed by atoms with Gasteiger partial charge < -0.3 is 4.52 Å². The second-order valence-electron chi connectivity index (χ2n) is 5.64. The lowest BCUT2D eigenvalue weighted by atomic mass is 10.1. The second-order valence-corrected chi connectivity index (χ2v) is 7.94. The predicted molar refractivity (Wildman–Crippen MR) is 89.6 cm³/mol. The quantitative estimate of drug-likeness (QED) is 0.604. The molecule has 0 aliphatic rings. The van der Waals surface area contributed by atoms with Crippen LogP contribution in [0, 0.1) is 5.82 Å². The average Bonchev–Trinajstić information content (AvgIpc) is 3.11. The van der Waals surface area contributed by atoms with Crippen molar-refractivity contribution >= 4 is 9.73 Å². The highest BCUT2D eigenvalue weighted by molar-refractivity contribution is 7.93. The normalized spacial score (nSPS) is 14.0. The number of benzene rings is 2. The fourth-order valence-electron chi connectivity index (χ4n) is 2.23. The first-order valence-electron chi connectivity index (χ1n) is 7.59. The van der Waals surface area contributed by atoms with E-state index in [1.807, 2.05) is 0 Å². The molecule has 0 saturated carbocycles. The molecule has 1 aromatic heterocycles. The number of hydrogen-bond donors (Lipinski definition) is 0. The van der Waals surface area contributed by atoms with Crippen molar-refractivity contribution in [1.29, 1.82) is 0 Å². The lowest BCUT2D eigenvalue weighted by molar-refractivity contribution is -0.159. The summed E-state index contributed by atoms with van der Waals surface area (Å²) in [5.74, 6) is -2.22. The Morgan fingerprint density at radius 1 is 1.11 bits per heavy atom. The summed E-state index contributed by atoms with van der Waals surface area (Å²) >= 11 is 0. The van der Waals surface area contributed by atoms with Crippen LogP contribution >= 0.6 is 0 Å². The Balaban J connectivity index is 1.79. The first-order valence-corrected chi connectivity index (χ1v) is 9.52. The van der Waals surface area contributed by atoms with Gasteiger partial charge in [-0.3, -0.25) is 0 Å². The number of halogens is 4. The van der Waals surface area contributed by atoms with E-state index in [0.29, 0.717) is 11.1 Å². The van der Waals surface area contributed by atoms with E-state index in [2.05, 4.69) is 19.0 Å². The van der Waals surface area contributed by atoms with Crippen LogP contribution in [-0.2, 0) is 22.5 Å². The second kappa shape index (κ2) is 7.10. The van der Waals surface area contributed by atoms with Gasteiger partial charge in [-0.1, -0.05) is 41.6 Å².